The van der Waals surface area contributed by atoms with Crippen molar-refractivity contribution in [2.75, 3.05) is 27.9 Å². The van der Waals surface area contributed by atoms with Crippen LogP contribution in [-0.2, 0) is 4.79 Å². The van der Waals surface area contributed by atoms with Crippen LogP contribution in [0.2, 0.25) is 10.0 Å². The first-order valence-electron chi connectivity index (χ1n) is 13.6. The molecule has 2 N–H and O–H groups in total. The molecule has 12 nitrogen and oxygen atoms in total. The van der Waals surface area contributed by atoms with Crippen LogP contribution in [-0.4, -0.2) is 57.8 Å². The average Bonchev–Trinajstić information content (AvgIpc) is 3.07. The predicted molar refractivity (Wildman–Crippen MR) is 173 cm³/mol. The fraction of sp³-hybridized carbons (Fsp3) is 0.121. The molecule has 47 heavy (non-hydrogen) atoms. The van der Waals surface area contributed by atoms with Crippen LogP contribution in [0.15, 0.2) is 84.0 Å². The van der Waals surface area contributed by atoms with E-state index in [0.717, 1.165) is 0 Å². The zero-order chi connectivity index (χ0) is 33.9. The van der Waals surface area contributed by atoms with E-state index in [2.05, 4.69) is 15.8 Å². The number of halogens is 2. The Labute approximate surface area is 279 Å². The Kier molecular flexibility index (Phi) is 11.8. The largest absolute Gasteiger partial charge is 0.493 e. The van der Waals surface area contributed by atoms with Gasteiger partial charge in [-0.3, -0.25) is 9.59 Å². The molecular formula is C33H27Cl2N3O9. The molecular weight excluding hydrogens is 653 g/mol. The van der Waals surface area contributed by atoms with Gasteiger partial charge in [0, 0.05) is 27.2 Å². The summed E-state index contributed by atoms with van der Waals surface area (Å²) in [7, 11) is 4.26. The first-order chi connectivity index (χ1) is 22.6. The van der Waals surface area contributed by atoms with Gasteiger partial charge in [0.15, 0.2) is 11.5 Å². The van der Waals surface area contributed by atoms with Crippen molar-refractivity contribution in [3.05, 3.63) is 111 Å². The smallest absolute Gasteiger partial charge is 0.343 e. The van der Waals surface area contributed by atoms with Gasteiger partial charge >= 0.3 is 11.9 Å². The first-order valence-corrected chi connectivity index (χ1v) is 14.4. The van der Waals surface area contributed by atoms with Crippen LogP contribution in [0.1, 0.15) is 36.6 Å². The highest BCUT2D eigenvalue weighted by atomic mass is 35.5. The number of carbonyl (C=O) groups is 4. The van der Waals surface area contributed by atoms with Crippen molar-refractivity contribution in [2.24, 2.45) is 5.10 Å². The Morgan fingerprint density at radius 2 is 1.23 bits per heavy atom. The molecule has 0 heterocycles. The molecule has 242 valence electrons. The van der Waals surface area contributed by atoms with Crippen LogP contribution in [0.4, 0.5) is 0 Å². The molecule has 0 aromatic heterocycles. The summed E-state index contributed by atoms with van der Waals surface area (Å²) < 4.78 is 26.8. The SMILES string of the molecule is COc1cc(C(=O)NCC(=O)N/N=C/c2ccc(OC(=O)c3ccc(Cl)cc3)cc2OC(=O)c2ccc(Cl)cc2)cc(OC)c1OC. The maximum absolute atomic E-state index is 12.9. The van der Waals surface area contributed by atoms with Crippen molar-refractivity contribution in [3.63, 3.8) is 0 Å². The van der Waals surface area contributed by atoms with E-state index < -0.39 is 30.3 Å². The van der Waals surface area contributed by atoms with E-state index in [0.29, 0.717) is 15.8 Å². The van der Waals surface area contributed by atoms with E-state index in [1.807, 2.05) is 0 Å². The number of hydrazone groups is 1. The Balaban J connectivity index is 1.46. The second-order valence-electron chi connectivity index (χ2n) is 9.38. The molecule has 0 fully saturated rings. The summed E-state index contributed by atoms with van der Waals surface area (Å²) in [4.78, 5) is 50.6. The molecule has 4 aromatic rings. The van der Waals surface area contributed by atoms with Crippen LogP contribution in [0.25, 0.3) is 0 Å². The molecule has 0 aliphatic rings. The lowest BCUT2D eigenvalue weighted by atomic mass is 10.1. The second-order valence-corrected chi connectivity index (χ2v) is 10.3. The molecule has 0 bridgehead atoms. The van der Waals surface area contributed by atoms with Crippen molar-refractivity contribution in [2.45, 2.75) is 0 Å². The standard InChI is InChI=1S/C33H27Cl2N3O9/c1-43-27-14-22(15-28(44-2)30(27)45-3)31(40)36-18-29(39)38-37-17-21-8-13-25(46-32(41)19-4-9-23(34)10-5-19)16-26(21)47-33(42)20-6-11-24(35)12-7-20/h4-17H,18H2,1-3H3,(H,36,40)(H,38,39)/b37-17+. The highest BCUT2D eigenvalue weighted by Gasteiger charge is 2.18. The molecule has 0 spiro atoms. The van der Waals surface area contributed by atoms with Gasteiger partial charge < -0.3 is 29.0 Å². The van der Waals surface area contributed by atoms with Gasteiger partial charge in [0.2, 0.25) is 5.75 Å². The number of benzene rings is 4. The van der Waals surface area contributed by atoms with Gasteiger partial charge in [0.05, 0.1) is 45.2 Å². The van der Waals surface area contributed by atoms with E-state index in [1.165, 1.54) is 94.3 Å². The molecule has 14 heteroatoms. The van der Waals surface area contributed by atoms with Gasteiger partial charge in [0.1, 0.15) is 11.5 Å². The van der Waals surface area contributed by atoms with Gasteiger partial charge in [0.25, 0.3) is 11.8 Å². The summed E-state index contributed by atoms with van der Waals surface area (Å²) in [6.45, 7) is -0.426. The molecule has 0 saturated carbocycles. The second kappa shape index (κ2) is 16.1. The van der Waals surface area contributed by atoms with Crippen LogP contribution < -0.4 is 34.4 Å². The average molecular weight is 680 g/mol. The van der Waals surface area contributed by atoms with E-state index in [1.54, 1.807) is 12.1 Å². The van der Waals surface area contributed by atoms with Gasteiger partial charge in [-0.2, -0.15) is 5.10 Å². The molecule has 0 atom stereocenters. The van der Waals surface area contributed by atoms with Crippen LogP contribution in [0.5, 0.6) is 28.7 Å². The van der Waals surface area contributed by atoms with Gasteiger partial charge in [-0.1, -0.05) is 23.2 Å². The van der Waals surface area contributed by atoms with Crippen molar-refractivity contribution in [1.82, 2.24) is 10.7 Å². The van der Waals surface area contributed by atoms with E-state index in [4.69, 9.17) is 46.9 Å². The highest BCUT2D eigenvalue weighted by Crippen LogP contribution is 2.38. The third-order valence-corrected chi connectivity index (χ3v) is 6.79. The minimum Gasteiger partial charge on any atom is -0.493 e. The van der Waals surface area contributed by atoms with Crippen LogP contribution in [0, 0.1) is 0 Å². The van der Waals surface area contributed by atoms with Crippen LogP contribution >= 0.6 is 23.2 Å². The fourth-order valence-electron chi connectivity index (χ4n) is 3.96. The highest BCUT2D eigenvalue weighted by molar-refractivity contribution is 6.31. The van der Waals surface area contributed by atoms with Gasteiger partial charge in [-0.05, 0) is 72.8 Å². The zero-order valence-electron chi connectivity index (χ0n) is 25.2. The Hall–Kier alpha value is -5.59. The van der Waals surface area contributed by atoms with Crippen molar-refractivity contribution >= 4 is 53.2 Å². The monoisotopic (exact) mass is 679 g/mol. The maximum Gasteiger partial charge on any atom is 0.343 e. The molecule has 0 unspecified atom stereocenters. The molecule has 4 aromatic carbocycles. The lowest BCUT2D eigenvalue weighted by Crippen LogP contribution is -2.35. The first kappa shape index (κ1) is 34.3. The number of methoxy groups -OCH3 is 3. The quantitative estimate of drug-likeness (QED) is 0.0875. The number of esters is 2. The Morgan fingerprint density at radius 3 is 1.77 bits per heavy atom. The number of carbonyl (C=O) groups excluding carboxylic acids is 4. The number of hydrogen-bond donors (Lipinski definition) is 2. The van der Waals surface area contributed by atoms with Gasteiger partial charge in [-0.15, -0.1) is 0 Å². The summed E-state index contributed by atoms with van der Waals surface area (Å²) >= 11 is 11.8. The topological polar surface area (TPSA) is 151 Å². The number of rotatable bonds is 12. The number of ether oxygens (including phenoxy) is 5. The fourth-order valence-corrected chi connectivity index (χ4v) is 4.21. The molecule has 0 radical (unpaired) electrons. The van der Waals surface area contributed by atoms with Crippen molar-refractivity contribution in [1.29, 1.82) is 0 Å². The van der Waals surface area contributed by atoms with E-state index in [-0.39, 0.29) is 45.3 Å². The number of nitrogens with one attached hydrogen (secondary N) is 2. The predicted octanol–water partition coefficient (Wildman–Crippen LogP) is 5.34. The minimum atomic E-state index is -0.726. The Bertz CT molecular complexity index is 1790. The molecule has 2 amide bonds. The Morgan fingerprint density at radius 1 is 0.681 bits per heavy atom. The molecule has 4 rings (SSSR count). The third kappa shape index (κ3) is 9.22. The van der Waals surface area contributed by atoms with Gasteiger partial charge in [-0.25, -0.2) is 15.0 Å². The van der Waals surface area contributed by atoms with E-state index in [9.17, 15) is 19.2 Å². The van der Waals surface area contributed by atoms with Crippen molar-refractivity contribution in [3.8, 4) is 28.7 Å². The van der Waals surface area contributed by atoms with Crippen LogP contribution in [0.3, 0.4) is 0 Å². The van der Waals surface area contributed by atoms with Crippen molar-refractivity contribution < 1.29 is 42.9 Å². The summed E-state index contributed by atoms with van der Waals surface area (Å²) in [6, 6.07) is 19.2. The minimum absolute atomic E-state index is 0.0277. The summed E-state index contributed by atoms with van der Waals surface area (Å²) in [6.07, 6.45) is 1.22. The number of amides is 2. The summed E-state index contributed by atoms with van der Waals surface area (Å²) in [5.74, 6) is -1.74. The zero-order valence-corrected chi connectivity index (χ0v) is 26.7. The molecule has 0 aliphatic heterocycles. The third-order valence-electron chi connectivity index (χ3n) is 6.29. The normalized spacial score (nSPS) is 10.6. The maximum atomic E-state index is 12.9. The number of hydrogen-bond acceptors (Lipinski definition) is 10. The van der Waals surface area contributed by atoms with E-state index >= 15 is 0 Å². The summed E-state index contributed by atoms with van der Waals surface area (Å²) in [5.41, 5.74) is 3.16. The number of nitrogens with zero attached hydrogens (tertiary/aromatic N) is 1. The lowest BCUT2D eigenvalue weighted by Gasteiger charge is -2.14. The lowest BCUT2D eigenvalue weighted by molar-refractivity contribution is -0.120. The summed E-state index contributed by atoms with van der Waals surface area (Å²) in [5, 5.41) is 7.27. The molecule has 0 saturated heterocycles. The molecule has 0 aliphatic carbocycles.